The summed E-state index contributed by atoms with van der Waals surface area (Å²) in [6.45, 7) is 3.44. The highest BCUT2D eigenvalue weighted by Crippen LogP contribution is 2.39. The summed E-state index contributed by atoms with van der Waals surface area (Å²) in [5.74, 6) is 0.906. The van der Waals surface area contributed by atoms with Crippen LogP contribution in [0.25, 0.3) is 0 Å². The zero-order valence-corrected chi connectivity index (χ0v) is 10.5. The van der Waals surface area contributed by atoms with E-state index in [0.29, 0.717) is 0 Å². The first kappa shape index (κ1) is 11.1. The third kappa shape index (κ3) is 2.47. The van der Waals surface area contributed by atoms with Gasteiger partial charge in [-0.15, -0.1) is 0 Å². The monoisotopic (exact) mass is 231 g/mol. The predicted molar refractivity (Wildman–Crippen MR) is 70.2 cm³/mol. The molecule has 17 heavy (non-hydrogen) atoms. The van der Waals surface area contributed by atoms with Crippen LogP contribution in [0.2, 0.25) is 0 Å². The van der Waals surface area contributed by atoms with Crippen molar-refractivity contribution in [3.63, 3.8) is 0 Å². The van der Waals surface area contributed by atoms with Gasteiger partial charge in [-0.1, -0.05) is 17.7 Å². The molecule has 0 atom stereocenters. The molecule has 1 aromatic carbocycles. The fraction of sp³-hybridized carbons (Fsp3) is 0.600. The molecule has 0 bridgehead atoms. The van der Waals surface area contributed by atoms with Crippen LogP contribution in [-0.2, 0) is 6.61 Å². The van der Waals surface area contributed by atoms with Crippen molar-refractivity contribution >= 4 is 5.69 Å². The molecule has 0 spiro atoms. The number of hydrogen-bond donors (Lipinski definition) is 1. The number of aliphatic hydroxyl groups excluding tert-OH is 1. The molecule has 0 amide bonds. The Hall–Kier alpha value is -1.02. The van der Waals surface area contributed by atoms with Gasteiger partial charge in [0.1, 0.15) is 0 Å². The smallest absolute Gasteiger partial charge is 0.0702 e. The van der Waals surface area contributed by atoms with Crippen LogP contribution < -0.4 is 4.90 Å². The minimum Gasteiger partial charge on any atom is -0.392 e. The number of aryl methyl sites for hydroxylation is 1. The number of hydrogen-bond acceptors (Lipinski definition) is 2. The number of anilines is 1. The lowest BCUT2D eigenvalue weighted by atomic mass is 10.1. The molecule has 0 saturated heterocycles. The zero-order chi connectivity index (χ0) is 11.8. The fourth-order valence-electron chi connectivity index (χ4n) is 2.53. The normalized spacial score (nSPS) is 19.4. The Morgan fingerprint density at radius 1 is 1.24 bits per heavy atom. The van der Waals surface area contributed by atoms with Crippen LogP contribution in [0, 0.1) is 12.8 Å². The largest absolute Gasteiger partial charge is 0.392 e. The topological polar surface area (TPSA) is 23.5 Å². The average molecular weight is 231 g/mol. The Balaban J connectivity index is 1.87. The SMILES string of the molecule is Cc1ccc(N(CC2CC2)C2CC2)c(CO)c1. The molecular formula is C15H21NO. The van der Waals surface area contributed by atoms with Crippen molar-refractivity contribution in [2.75, 3.05) is 11.4 Å². The highest BCUT2D eigenvalue weighted by molar-refractivity contribution is 5.56. The molecular weight excluding hydrogens is 210 g/mol. The molecule has 0 aromatic heterocycles. The lowest BCUT2D eigenvalue weighted by Gasteiger charge is -2.27. The second kappa shape index (κ2) is 4.34. The van der Waals surface area contributed by atoms with Crippen LogP contribution in [0.3, 0.4) is 0 Å². The van der Waals surface area contributed by atoms with E-state index in [-0.39, 0.29) is 6.61 Å². The minimum absolute atomic E-state index is 0.158. The Morgan fingerprint density at radius 2 is 2.00 bits per heavy atom. The van der Waals surface area contributed by atoms with Gasteiger partial charge in [0.25, 0.3) is 0 Å². The summed E-state index contributed by atoms with van der Waals surface area (Å²) in [4.78, 5) is 2.54. The maximum Gasteiger partial charge on any atom is 0.0702 e. The van der Waals surface area contributed by atoms with Crippen LogP contribution in [-0.4, -0.2) is 17.7 Å². The molecule has 92 valence electrons. The second-order valence-electron chi connectivity index (χ2n) is 5.62. The molecule has 2 aliphatic carbocycles. The van der Waals surface area contributed by atoms with Crippen LogP contribution in [0.5, 0.6) is 0 Å². The van der Waals surface area contributed by atoms with Crippen molar-refractivity contribution in [3.8, 4) is 0 Å². The quantitative estimate of drug-likeness (QED) is 0.842. The van der Waals surface area contributed by atoms with E-state index in [1.54, 1.807) is 0 Å². The second-order valence-corrected chi connectivity index (χ2v) is 5.62. The fourth-order valence-corrected chi connectivity index (χ4v) is 2.53. The Bertz CT molecular complexity index is 407. The van der Waals surface area contributed by atoms with E-state index in [0.717, 1.165) is 17.5 Å². The lowest BCUT2D eigenvalue weighted by Crippen LogP contribution is -2.29. The number of aliphatic hydroxyl groups is 1. The Morgan fingerprint density at radius 3 is 2.59 bits per heavy atom. The molecule has 0 radical (unpaired) electrons. The highest BCUT2D eigenvalue weighted by Gasteiger charge is 2.34. The van der Waals surface area contributed by atoms with Gasteiger partial charge in [0.15, 0.2) is 0 Å². The van der Waals surface area contributed by atoms with Crippen molar-refractivity contribution in [2.24, 2.45) is 5.92 Å². The molecule has 0 unspecified atom stereocenters. The van der Waals surface area contributed by atoms with E-state index in [2.05, 4.69) is 30.0 Å². The van der Waals surface area contributed by atoms with E-state index in [1.165, 1.54) is 43.5 Å². The van der Waals surface area contributed by atoms with Crippen molar-refractivity contribution < 1.29 is 5.11 Å². The number of benzene rings is 1. The Kier molecular flexibility index (Phi) is 2.83. The van der Waals surface area contributed by atoms with Gasteiger partial charge in [-0.2, -0.15) is 0 Å². The average Bonchev–Trinajstić information content (AvgIpc) is 3.18. The first-order valence-electron chi connectivity index (χ1n) is 6.75. The van der Waals surface area contributed by atoms with Gasteiger partial charge >= 0.3 is 0 Å². The maximum absolute atomic E-state index is 9.52. The molecule has 2 nitrogen and oxygen atoms in total. The molecule has 2 fully saturated rings. The van der Waals surface area contributed by atoms with Gasteiger partial charge in [-0.25, -0.2) is 0 Å². The predicted octanol–water partition coefficient (Wildman–Crippen LogP) is 2.87. The van der Waals surface area contributed by atoms with E-state index in [4.69, 9.17) is 0 Å². The van der Waals surface area contributed by atoms with Crippen LogP contribution in [0.15, 0.2) is 18.2 Å². The third-order valence-corrected chi connectivity index (χ3v) is 3.85. The lowest BCUT2D eigenvalue weighted by molar-refractivity contribution is 0.282. The van der Waals surface area contributed by atoms with Crippen LogP contribution in [0.1, 0.15) is 36.8 Å². The zero-order valence-electron chi connectivity index (χ0n) is 10.5. The van der Waals surface area contributed by atoms with Gasteiger partial charge in [0.2, 0.25) is 0 Å². The molecule has 3 rings (SSSR count). The summed E-state index contributed by atoms with van der Waals surface area (Å²) in [6.07, 6.45) is 5.43. The maximum atomic E-state index is 9.52. The summed E-state index contributed by atoms with van der Waals surface area (Å²) in [7, 11) is 0. The van der Waals surface area contributed by atoms with Gasteiger partial charge in [0.05, 0.1) is 6.61 Å². The van der Waals surface area contributed by atoms with Crippen LogP contribution >= 0.6 is 0 Å². The van der Waals surface area contributed by atoms with Gasteiger partial charge in [-0.05, 0) is 44.6 Å². The van der Waals surface area contributed by atoms with E-state index >= 15 is 0 Å². The summed E-state index contributed by atoms with van der Waals surface area (Å²) in [5.41, 5.74) is 3.60. The standard InChI is InChI=1S/C15H21NO/c1-11-2-7-15(13(8-11)10-17)16(14-5-6-14)9-12-3-4-12/h2,7-8,12,14,17H,3-6,9-10H2,1H3. The Labute approximate surface area is 103 Å². The molecule has 0 heterocycles. The van der Waals surface area contributed by atoms with Crippen molar-refractivity contribution in [2.45, 2.75) is 45.3 Å². The summed E-state index contributed by atoms with van der Waals surface area (Å²) >= 11 is 0. The summed E-state index contributed by atoms with van der Waals surface area (Å²) in [5, 5.41) is 9.52. The van der Waals surface area contributed by atoms with Gasteiger partial charge in [-0.3, -0.25) is 0 Å². The first-order valence-corrected chi connectivity index (χ1v) is 6.75. The molecule has 1 N–H and O–H groups in total. The van der Waals surface area contributed by atoms with E-state index in [1.807, 2.05) is 0 Å². The highest BCUT2D eigenvalue weighted by atomic mass is 16.3. The summed E-state index contributed by atoms with van der Waals surface area (Å²) < 4.78 is 0. The number of rotatable bonds is 5. The van der Waals surface area contributed by atoms with E-state index < -0.39 is 0 Å². The van der Waals surface area contributed by atoms with Crippen molar-refractivity contribution in [3.05, 3.63) is 29.3 Å². The van der Waals surface area contributed by atoms with Gasteiger partial charge in [0, 0.05) is 23.8 Å². The molecule has 1 aromatic rings. The third-order valence-electron chi connectivity index (χ3n) is 3.85. The van der Waals surface area contributed by atoms with E-state index in [9.17, 15) is 5.11 Å². The number of nitrogens with zero attached hydrogens (tertiary/aromatic N) is 1. The molecule has 2 saturated carbocycles. The molecule has 0 aliphatic heterocycles. The van der Waals surface area contributed by atoms with Crippen LogP contribution in [0.4, 0.5) is 5.69 Å². The van der Waals surface area contributed by atoms with Crippen molar-refractivity contribution in [1.82, 2.24) is 0 Å². The molecule has 2 heteroatoms. The van der Waals surface area contributed by atoms with Crippen molar-refractivity contribution in [1.29, 1.82) is 0 Å². The minimum atomic E-state index is 0.158. The van der Waals surface area contributed by atoms with Gasteiger partial charge < -0.3 is 10.0 Å². The molecule has 2 aliphatic rings. The first-order chi connectivity index (χ1) is 8.28. The summed E-state index contributed by atoms with van der Waals surface area (Å²) in [6, 6.07) is 7.22.